The van der Waals surface area contributed by atoms with Crippen LogP contribution in [-0.2, 0) is 6.42 Å². The smallest absolute Gasteiger partial charge is 0.118 e. The molecule has 1 saturated carbocycles. The summed E-state index contributed by atoms with van der Waals surface area (Å²) in [5.74, 6) is 1.96. The molecule has 0 spiro atoms. The topological polar surface area (TPSA) is 25.8 Å². The maximum absolute atomic E-state index is 5.18. The standard InChI is InChI=1S/C17H27NO/c1-3-14-4-8-16(9-5-14)18-13-12-15-6-10-17(19-2)11-7-15/h6-7,10-11,14,16,18H,3-5,8-9,12-13H2,1-2H3/p+1. The molecule has 2 nitrogen and oxygen atoms in total. The fourth-order valence-corrected chi connectivity index (χ4v) is 3.11. The lowest BCUT2D eigenvalue weighted by Gasteiger charge is -2.26. The van der Waals surface area contributed by atoms with Crippen LogP contribution in [0.5, 0.6) is 5.75 Å². The number of benzene rings is 1. The van der Waals surface area contributed by atoms with Crippen LogP contribution in [0.2, 0.25) is 0 Å². The summed E-state index contributed by atoms with van der Waals surface area (Å²) < 4.78 is 5.18. The number of ether oxygens (including phenoxy) is 1. The van der Waals surface area contributed by atoms with Crippen molar-refractivity contribution in [3.8, 4) is 5.75 Å². The minimum Gasteiger partial charge on any atom is -0.497 e. The van der Waals surface area contributed by atoms with Gasteiger partial charge in [0.05, 0.1) is 19.7 Å². The van der Waals surface area contributed by atoms with E-state index in [1.807, 2.05) is 0 Å². The quantitative estimate of drug-likeness (QED) is 0.838. The predicted molar refractivity (Wildman–Crippen MR) is 79.5 cm³/mol. The van der Waals surface area contributed by atoms with E-state index in [0.29, 0.717) is 0 Å². The summed E-state index contributed by atoms with van der Waals surface area (Å²) in [6.07, 6.45) is 8.26. The minimum absolute atomic E-state index is 0.876. The van der Waals surface area contributed by atoms with Crippen molar-refractivity contribution in [1.82, 2.24) is 0 Å². The second kappa shape index (κ2) is 7.54. The Bertz CT molecular complexity index is 352. The van der Waals surface area contributed by atoms with Crippen molar-refractivity contribution in [2.75, 3.05) is 13.7 Å². The Morgan fingerprint density at radius 2 is 1.79 bits per heavy atom. The number of methoxy groups -OCH3 is 1. The van der Waals surface area contributed by atoms with E-state index in [1.54, 1.807) is 7.11 Å². The third kappa shape index (κ3) is 4.54. The van der Waals surface area contributed by atoms with Gasteiger partial charge in [0.2, 0.25) is 0 Å². The van der Waals surface area contributed by atoms with Crippen LogP contribution < -0.4 is 10.1 Å². The molecular formula is C17H28NO+. The fourth-order valence-electron chi connectivity index (χ4n) is 3.11. The van der Waals surface area contributed by atoms with Crippen molar-refractivity contribution < 1.29 is 10.1 Å². The highest BCUT2D eigenvalue weighted by atomic mass is 16.5. The summed E-state index contributed by atoms with van der Waals surface area (Å²) in [6.45, 7) is 3.55. The third-order valence-corrected chi connectivity index (χ3v) is 4.56. The van der Waals surface area contributed by atoms with Gasteiger partial charge < -0.3 is 10.1 Å². The van der Waals surface area contributed by atoms with Gasteiger partial charge in [0.15, 0.2) is 0 Å². The lowest BCUT2D eigenvalue weighted by atomic mass is 9.84. The van der Waals surface area contributed by atoms with Gasteiger partial charge in [0.1, 0.15) is 5.75 Å². The first-order chi connectivity index (χ1) is 9.31. The molecule has 2 N–H and O–H groups in total. The third-order valence-electron chi connectivity index (χ3n) is 4.56. The van der Waals surface area contributed by atoms with Gasteiger partial charge in [-0.2, -0.15) is 0 Å². The molecule has 19 heavy (non-hydrogen) atoms. The second-order valence-corrected chi connectivity index (χ2v) is 5.81. The highest BCUT2D eigenvalue weighted by Gasteiger charge is 2.21. The molecule has 0 radical (unpaired) electrons. The van der Waals surface area contributed by atoms with Crippen LogP contribution in [0.1, 0.15) is 44.6 Å². The molecule has 0 aromatic heterocycles. The van der Waals surface area contributed by atoms with Crippen molar-refractivity contribution in [2.45, 2.75) is 51.5 Å². The Hall–Kier alpha value is -1.02. The molecular weight excluding hydrogens is 234 g/mol. The van der Waals surface area contributed by atoms with E-state index in [9.17, 15) is 0 Å². The number of hydrogen-bond acceptors (Lipinski definition) is 1. The van der Waals surface area contributed by atoms with Crippen molar-refractivity contribution in [1.29, 1.82) is 0 Å². The Morgan fingerprint density at radius 1 is 1.11 bits per heavy atom. The van der Waals surface area contributed by atoms with Crippen LogP contribution in [0.3, 0.4) is 0 Å². The predicted octanol–water partition coefficient (Wildman–Crippen LogP) is 2.77. The summed E-state index contributed by atoms with van der Waals surface area (Å²) in [5, 5.41) is 2.57. The maximum Gasteiger partial charge on any atom is 0.118 e. The lowest BCUT2D eigenvalue weighted by Crippen LogP contribution is -2.90. The molecule has 0 bridgehead atoms. The number of nitrogens with two attached hydrogens (primary N) is 1. The minimum atomic E-state index is 0.876. The molecule has 1 aliphatic rings. The van der Waals surface area contributed by atoms with E-state index in [0.717, 1.165) is 24.1 Å². The molecule has 1 aromatic carbocycles. The van der Waals surface area contributed by atoms with Gasteiger partial charge in [-0.3, -0.25) is 0 Å². The molecule has 0 unspecified atom stereocenters. The van der Waals surface area contributed by atoms with Gasteiger partial charge in [-0.25, -0.2) is 0 Å². The van der Waals surface area contributed by atoms with Crippen LogP contribution in [0.15, 0.2) is 24.3 Å². The molecule has 0 amide bonds. The average Bonchev–Trinajstić information content (AvgIpc) is 2.49. The van der Waals surface area contributed by atoms with Crippen molar-refractivity contribution in [2.24, 2.45) is 5.92 Å². The zero-order valence-electron chi connectivity index (χ0n) is 12.4. The van der Waals surface area contributed by atoms with Gasteiger partial charge in [0, 0.05) is 6.42 Å². The van der Waals surface area contributed by atoms with Crippen LogP contribution in [0.25, 0.3) is 0 Å². The molecule has 2 rings (SSSR count). The molecule has 0 aliphatic heterocycles. The van der Waals surface area contributed by atoms with E-state index in [-0.39, 0.29) is 0 Å². The first-order valence-corrected chi connectivity index (χ1v) is 7.78. The number of hydrogen-bond donors (Lipinski definition) is 1. The van der Waals surface area contributed by atoms with E-state index in [4.69, 9.17) is 4.74 Å². The molecule has 0 saturated heterocycles. The van der Waals surface area contributed by atoms with E-state index < -0.39 is 0 Å². The monoisotopic (exact) mass is 262 g/mol. The number of quaternary nitrogens is 1. The van der Waals surface area contributed by atoms with E-state index in [2.05, 4.69) is 36.5 Å². The Labute approximate surface area is 117 Å². The van der Waals surface area contributed by atoms with Crippen molar-refractivity contribution in [3.63, 3.8) is 0 Å². The molecule has 1 aromatic rings. The average molecular weight is 262 g/mol. The lowest BCUT2D eigenvalue weighted by molar-refractivity contribution is -0.691. The van der Waals surface area contributed by atoms with Crippen LogP contribution in [0, 0.1) is 5.92 Å². The Balaban J connectivity index is 1.66. The molecule has 1 fully saturated rings. The first kappa shape index (κ1) is 14.4. The normalized spacial score (nSPS) is 23.3. The summed E-state index contributed by atoms with van der Waals surface area (Å²) in [4.78, 5) is 0. The molecule has 0 heterocycles. The molecule has 1 aliphatic carbocycles. The Kier molecular flexibility index (Phi) is 5.71. The van der Waals surface area contributed by atoms with Crippen LogP contribution in [-0.4, -0.2) is 19.7 Å². The fraction of sp³-hybridized carbons (Fsp3) is 0.647. The molecule has 106 valence electrons. The molecule has 2 heteroatoms. The van der Waals surface area contributed by atoms with Gasteiger partial charge in [0.25, 0.3) is 0 Å². The van der Waals surface area contributed by atoms with E-state index >= 15 is 0 Å². The van der Waals surface area contributed by atoms with Crippen LogP contribution >= 0.6 is 0 Å². The van der Waals surface area contributed by atoms with Gasteiger partial charge in [-0.15, -0.1) is 0 Å². The van der Waals surface area contributed by atoms with E-state index in [1.165, 1.54) is 44.2 Å². The molecule has 0 atom stereocenters. The van der Waals surface area contributed by atoms with Crippen LogP contribution in [0.4, 0.5) is 0 Å². The zero-order valence-corrected chi connectivity index (χ0v) is 12.4. The zero-order chi connectivity index (χ0) is 13.5. The van der Waals surface area contributed by atoms with Gasteiger partial charge in [-0.05, 0) is 49.3 Å². The Morgan fingerprint density at radius 3 is 2.37 bits per heavy atom. The summed E-state index contributed by atoms with van der Waals surface area (Å²) in [5.41, 5.74) is 1.42. The van der Waals surface area contributed by atoms with Crippen molar-refractivity contribution >= 4 is 0 Å². The largest absolute Gasteiger partial charge is 0.497 e. The summed E-state index contributed by atoms with van der Waals surface area (Å²) >= 11 is 0. The summed E-state index contributed by atoms with van der Waals surface area (Å²) in [7, 11) is 1.72. The maximum atomic E-state index is 5.18. The first-order valence-electron chi connectivity index (χ1n) is 7.78. The SMILES string of the molecule is CCC1CCC([NH2+]CCc2ccc(OC)cc2)CC1. The second-order valence-electron chi connectivity index (χ2n) is 5.81. The summed E-state index contributed by atoms with van der Waals surface area (Å²) in [6, 6.07) is 9.35. The highest BCUT2D eigenvalue weighted by Crippen LogP contribution is 2.24. The van der Waals surface area contributed by atoms with Gasteiger partial charge >= 0.3 is 0 Å². The number of rotatable bonds is 6. The van der Waals surface area contributed by atoms with Crippen molar-refractivity contribution in [3.05, 3.63) is 29.8 Å². The van der Waals surface area contributed by atoms with Gasteiger partial charge in [-0.1, -0.05) is 25.5 Å². The highest BCUT2D eigenvalue weighted by molar-refractivity contribution is 5.27.